The van der Waals surface area contributed by atoms with Crippen LogP contribution in [-0.2, 0) is 6.42 Å². The van der Waals surface area contributed by atoms with Crippen LogP contribution in [0.25, 0.3) is 27.6 Å². The summed E-state index contributed by atoms with van der Waals surface area (Å²) < 4.78 is 14.9. The van der Waals surface area contributed by atoms with Gasteiger partial charge in [-0.1, -0.05) is 18.2 Å². The maximum absolute atomic E-state index is 13.6. The molecule has 0 fully saturated rings. The van der Waals surface area contributed by atoms with Crippen molar-refractivity contribution >= 4 is 33.4 Å². The molecule has 27 heavy (non-hydrogen) atoms. The highest BCUT2D eigenvalue weighted by atomic mass is 19.1. The number of aromatic nitrogens is 5. The van der Waals surface area contributed by atoms with E-state index in [0.29, 0.717) is 29.0 Å². The molecule has 8 heteroatoms. The Bertz CT molecular complexity index is 1350. The normalized spacial score (nSPS) is 11.6. The highest BCUT2D eigenvalue weighted by molar-refractivity contribution is 5.84. The van der Waals surface area contributed by atoms with Crippen LogP contribution in [0.1, 0.15) is 5.56 Å². The van der Waals surface area contributed by atoms with Gasteiger partial charge in [0.1, 0.15) is 5.82 Å². The minimum atomic E-state index is -0.432. The molecule has 134 valence electrons. The van der Waals surface area contributed by atoms with Crippen LogP contribution in [0.2, 0.25) is 0 Å². The molecule has 0 saturated carbocycles. The largest absolute Gasteiger partial charge is 0.367 e. The van der Waals surface area contributed by atoms with Crippen molar-refractivity contribution in [1.82, 2.24) is 24.6 Å². The molecule has 0 bridgehead atoms. The lowest BCUT2D eigenvalue weighted by molar-refractivity contribution is 0.629. The van der Waals surface area contributed by atoms with Gasteiger partial charge in [-0.25, -0.2) is 23.7 Å². The average molecular weight is 362 g/mol. The molecule has 5 rings (SSSR count). The van der Waals surface area contributed by atoms with E-state index < -0.39 is 11.5 Å². The van der Waals surface area contributed by atoms with Gasteiger partial charge in [-0.15, -0.1) is 5.10 Å². The van der Waals surface area contributed by atoms with Crippen molar-refractivity contribution in [3.8, 4) is 0 Å². The maximum Gasteiger partial charge on any atom is 0.348 e. The Labute approximate surface area is 151 Å². The molecule has 0 aliphatic rings. The smallest absolute Gasteiger partial charge is 0.348 e. The van der Waals surface area contributed by atoms with E-state index in [9.17, 15) is 9.18 Å². The molecule has 3 N–H and O–H groups in total. The fraction of sp³-hybridized carbons (Fsp3) is 0.105. The highest BCUT2D eigenvalue weighted by Crippen LogP contribution is 2.21. The summed E-state index contributed by atoms with van der Waals surface area (Å²) in [6.45, 7) is 0.609. The van der Waals surface area contributed by atoms with E-state index in [0.717, 1.165) is 11.9 Å². The molecule has 7 nitrogen and oxygen atoms in total. The standard InChI is InChI=1S/C19H15FN6O/c20-12-5-6-15-16(9-12)26-18(24-25-19(26)27)17(23-15)21-8-7-11-10-22-14-4-2-1-3-13(11)14/h1-6,9-10,22H,7-8H2,(H,21,23)(H,25,27). The number of hydrogen-bond acceptors (Lipinski definition) is 4. The summed E-state index contributed by atoms with van der Waals surface area (Å²) >= 11 is 0. The van der Waals surface area contributed by atoms with Gasteiger partial charge < -0.3 is 10.3 Å². The number of benzene rings is 2. The SMILES string of the molecule is O=c1[nH]nc2c(NCCc3c[nH]c4ccccc34)nc3ccc(F)cc3n12. The Kier molecular flexibility index (Phi) is 3.43. The van der Waals surface area contributed by atoms with Crippen LogP contribution in [0.4, 0.5) is 10.2 Å². The van der Waals surface area contributed by atoms with Crippen molar-refractivity contribution < 1.29 is 4.39 Å². The second-order valence-electron chi connectivity index (χ2n) is 6.32. The fourth-order valence-corrected chi connectivity index (χ4v) is 3.39. The molecule has 0 aliphatic heterocycles. The van der Waals surface area contributed by atoms with Gasteiger partial charge in [0.2, 0.25) is 5.65 Å². The minimum Gasteiger partial charge on any atom is -0.367 e. The Morgan fingerprint density at radius 1 is 1.19 bits per heavy atom. The first-order valence-electron chi connectivity index (χ1n) is 8.56. The summed E-state index contributed by atoms with van der Waals surface area (Å²) in [7, 11) is 0. The van der Waals surface area contributed by atoms with Crippen LogP contribution >= 0.6 is 0 Å². The first-order chi connectivity index (χ1) is 13.2. The monoisotopic (exact) mass is 362 g/mol. The van der Waals surface area contributed by atoms with Gasteiger partial charge in [0.05, 0.1) is 11.0 Å². The molecule has 0 unspecified atom stereocenters. The van der Waals surface area contributed by atoms with Gasteiger partial charge in [-0.2, -0.15) is 0 Å². The number of fused-ring (bicyclic) bond motifs is 4. The molecular formula is C19H15FN6O. The zero-order chi connectivity index (χ0) is 18.4. The number of anilines is 1. The number of nitrogens with zero attached hydrogens (tertiary/aromatic N) is 3. The highest BCUT2D eigenvalue weighted by Gasteiger charge is 2.13. The third-order valence-corrected chi connectivity index (χ3v) is 4.66. The van der Waals surface area contributed by atoms with E-state index >= 15 is 0 Å². The quantitative estimate of drug-likeness (QED) is 0.458. The number of aromatic amines is 2. The molecule has 3 heterocycles. The van der Waals surface area contributed by atoms with Crippen LogP contribution in [-0.4, -0.2) is 31.1 Å². The van der Waals surface area contributed by atoms with Gasteiger partial charge in [-0.05, 0) is 30.2 Å². The summed E-state index contributed by atoms with van der Waals surface area (Å²) in [6, 6.07) is 12.3. The van der Waals surface area contributed by atoms with Crippen LogP contribution in [0.3, 0.4) is 0 Å². The van der Waals surface area contributed by atoms with Crippen LogP contribution in [0.5, 0.6) is 0 Å². The predicted molar refractivity (Wildman–Crippen MR) is 102 cm³/mol. The molecule has 5 aromatic rings. The Hall–Kier alpha value is -3.68. The van der Waals surface area contributed by atoms with E-state index in [2.05, 4.69) is 31.5 Å². The van der Waals surface area contributed by atoms with Crippen molar-refractivity contribution in [3.05, 3.63) is 70.5 Å². The van der Waals surface area contributed by atoms with Gasteiger partial charge in [0, 0.05) is 29.7 Å². The van der Waals surface area contributed by atoms with Crippen molar-refractivity contribution in [3.63, 3.8) is 0 Å². The van der Waals surface area contributed by atoms with Crippen molar-refractivity contribution in [1.29, 1.82) is 0 Å². The summed E-state index contributed by atoms with van der Waals surface area (Å²) in [5, 5.41) is 10.9. The zero-order valence-corrected chi connectivity index (χ0v) is 14.2. The molecule has 0 spiro atoms. The topological polar surface area (TPSA) is 90.9 Å². The molecule has 0 radical (unpaired) electrons. The lowest BCUT2D eigenvalue weighted by atomic mass is 10.1. The summed E-state index contributed by atoms with van der Waals surface area (Å²) in [6.07, 6.45) is 2.77. The minimum absolute atomic E-state index is 0.344. The number of halogens is 1. The van der Waals surface area contributed by atoms with Crippen molar-refractivity contribution in [2.75, 3.05) is 11.9 Å². The van der Waals surface area contributed by atoms with Gasteiger partial charge in [0.25, 0.3) is 0 Å². The second kappa shape index (κ2) is 5.94. The molecule has 0 saturated heterocycles. The maximum atomic E-state index is 13.6. The number of hydrogen-bond donors (Lipinski definition) is 3. The first-order valence-corrected chi connectivity index (χ1v) is 8.56. The van der Waals surface area contributed by atoms with Crippen molar-refractivity contribution in [2.45, 2.75) is 6.42 Å². The van der Waals surface area contributed by atoms with E-state index in [1.807, 2.05) is 24.4 Å². The lowest BCUT2D eigenvalue weighted by Crippen LogP contribution is -2.13. The van der Waals surface area contributed by atoms with Gasteiger partial charge in [0.15, 0.2) is 5.82 Å². The first kappa shape index (κ1) is 15.6. The number of H-pyrrole nitrogens is 2. The molecule has 0 aliphatic carbocycles. The zero-order valence-electron chi connectivity index (χ0n) is 14.2. The molecule has 0 atom stereocenters. The molecule has 2 aromatic carbocycles. The fourth-order valence-electron chi connectivity index (χ4n) is 3.39. The second-order valence-corrected chi connectivity index (χ2v) is 6.32. The molecule has 3 aromatic heterocycles. The van der Waals surface area contributed by atoms with E-state index in [1.54, 1.807) is 6.07 Å². The summed E-state index contributed by atoms with van der Waals surface area (Å²) in [5.74, 6) is 0.0473. The molecule has 0 amide bonds. The molecular weight excluding hydrogens is 347 g/mol. The van der Waals surface area contributed by atoms with Gasteiger partial charge in [-0.3, -0.25) is 0 Å². The van der Waals surface area contributed by atoms with E-state index in [-0.39, 0.29) is 0 Å². The van der Waals surface area contributed by atoms with E-state index in [1.165, 1.54) is 27.5 Å². The predicted octanol–water partition coefficient (Wildman–Crippen LogP) is 2.85. The third-order valence-electron chi connectivity index (χ3n) is 4.66. The average Bonchev–Trinajstić information content (AvgIpc) is 3.27. The van der Waals surface area contributed by atoms with Crippen LogP contribution < -0.4 is 11.0 Å². The Morgan fingerprint density at radius 3 is 3.00 bits per heavy atom. The van der Waals surface area contributed by atoms with Crippen LogP contribution in [0.15, 0.2) is 53.5 Å². The number of nitrogens with one attached hydrogen (secondary N) is 3. The Morgan fingerprint density at radius 2 is 2.07 bits per heavy atom. The summed E-state index contributed by atoms with van der Waals surface area (Å²) in [4.78, 5) is 19.9. The lowest BCUT2D eigenvalue weighted by Gasteiger charge is -2.08. The van der Waals surface area contributed by atoms with Crippen LogP contribution in [0, 0.1) is 5.82 Å². The summed E-state index contributed by atoms with van der Waals surface area (Å²) in [5.41, 5.74) is 3.10. The Balaban J connectivity index is 1.49. The van der Waals surface area contributed by atoms with Crippen molar-refractivity contribution in [2.24, 2.45) is 0 Å². The van der Waals surface area contributed by atoms with Gasteiger partial charge >= 0.3 is 5.69 Å². The number of rotatable bonds is 4. The number of para-hydroxylation sites is 1. The third kappa shape index (κ3) is 2.53. The van der Waals surface area contributed by atoms with E-state index in [4.69, 9.17) is 0 Å².